The number of ether oxygens (including phenoxy) is 1. The SMILES string of the molecule is O=C(COC(=O)Cc1ccc(Cl)c(Cl)c1)Nc1ncc([N+](=O)[O-])s1. The summed E-state index contributed by atoms with van der Waals surface area (Å²) in [5.41, 5.74) is 0.588. The number of nitrogens with zero attached hydrogens (tertiary/aromatic N) is 2. The maximum Gasteiger partial charge on any atom is 0.345 e. The molecule has 24 heavy (non-hydrogen) atoms. The van der Waals surface area contributed by atoms with E-state index in [-0.39, 0.29) is 16.6 Å². The molecule has 1 N–H and O–H groups in total. The second-order valence-electron chi connectivity index (χ2n) is 4.39. The molecule has 1 heterocycles. The number of anilines is 1. The lowest BCUT2D eigenvalue weighted by molar-refractivity contribution is -0.380. The maximum atomic E-state index is 11.7. The summed E-state index contributed by atoms with van der Waals surface area (Å²) < 4.78 is 4.82. The van der Waals surface area contributed by atoms with Gasteiger partial charge in [0.25, 0.3) is 5.91 Å². The van der Waals surface area contributed by atoms with Crippen molar-refractivity contribution >= 4 is 56.5 Å². The summed E-state index contributed by atoms with van der Waals surface area (Å²) in [6.07, 6.45) is 0.948. The number of nitro groups is 1. The van der Waals surface area contributed by atoms with Crippen LogP contribution in [0.25, 0.3) is 0 Å². The molecule has 0 saturated carbocycles. The number of hydrogen-bond donors (Lipinski definition) is 1. The molecule has 8 nitrogen and oxygen atoms in total. The van der Waals surface area contributed by atoms with Crippen molar-refractivity contribution in [3.8, 4) is 0 Å². The zero-order chi connectivity index (χ0) is 17.7. The van der Waals surface area contributed by atoms with E-state index in [0.29, 0.717) is 26.9 Å². The van der Waals surface area contributed by atoms with Crippen molar-refractivity contribution < 1.29 is 19.2 Å². The second kappa shape index (κ2) is 8.04. The molecule has 0 bridgehead atoms. The van der Waals surface area contributed by atoms with Crippen molar-refractivity contribution in [3.05, 3.63) is 50.1 Å². The number of thiazole rings is 1. The number of carbonyl (C=O) groups excluding carboxylic acids is 2. The highest BCUT2D eigenvalue weighted by molar-refractivity contribution is 7.18. The smallest absolute Gasteiger partial charge is 0.345 e. The van der Waals surface area contributed by atoms with Gasteiger partial charge in [0, 0.05) is 0 Å². The number of amides is 1. The van der Waals surface area contributed by atoms with Gasteiger partial charge in [0.1, 0.15) is 6.20 Å². The Morgan fingerprint density at radius 1 is 1.33 bits per heavy atom. The van der Waals surface area contributed by atoms with E-state index in [1.54, 1.807) is 12.1 Å². The van der Waals surface area contributed by atoms with Crippen molar-refractivity contribution in [1.29, 1.82) is 0 Å². The van der Waals surface area contributed by atoms with E-state index in [0.717, 1.165) is 6.20 Å². The van der Waals surface area contributed by atoms with Gasteiger partial charge in [-0.1, -0.05) is 29.3 Å². The van der Waals surface area contributed by atoms with Gasteiger partial charge >= 0.3 is 11.0 Å². The Balaban J connectivity index is 1.81. The molecule has 0 saturated heterocycles. The Labute approximate surface area is 149 Å². The van der Waals surface area contributed by atoms with Gasteiger partial charge in [0.2, 0.25) is 0 Å². The molecule has 0 aliphatic heterocycles. The second-order valence-corrected chi connectivity index (χ2v) is 6.22. The van der Waals surface area contributed by atoms with Crippen LogP contribution in [-0.2, 0) is 20.7 Å². The minimum Gasteiger partial charge on any atom is -0.455 e. The van der Waals surface area contributed by atoms with Crippen molar-refractivity contribution in [2.75, 3.05) is 11.9 Å². The largest absolute Gasteiger partial charge is 0.455 e. The Morgan fingerprint density at radius 3 is 2.71 bits per heavy atom. The van der Waals surface area contributed by atoms with Gasteiger partial charge in [0.15, 0.2) is 11.7 Å². The monoisotopic (exact) mass is 389 g/mol. The van der Waals surface area contributed by atoms with Crippen LogP contribution in [0.5, 0.6) is 0 Å². The van der Waals surface area contributed by atoms with E-state index in [2.05, 4.69) is 10.3 Å². The van der Waals surface area contributed by atoms with Crippen molar-refractivity contribution in [1.82, 2.24) is 4.98 Å². The third-order valence-electron chi connectivity index (χ3n) is 2.62. The maximum absolute atomic E-state index is 11.7. The van der Waals surface area contributed by atoms with Crippen molar-refractivity contribution in [2.24, 2.45) is 0 Å². The first-order valence-electron chi connectivity index (χ1n) is 6.35. The lowest BCUT2D eigenvalue weighted by Crippen LogP contribution is -2.21. The molecular formula is C13H9Cl2N3O5S. The van der Waals surface area contributed by atoms with Gasteiger partial charge in [-0.25, -0.2) is 4.98 Å². The molecule has 0 aliphatic carbocycles. The number of carbonyl (C=O) groups is 2. The molecule has 1 aromatic carbocycles. The molecule has 0 aliphatic rings. The first kappa shape index (κ1) is 18.1. The fourth-order valence-corrected chi connectivity index (χ4v) is 2.55. The van der Waals surface area contributed by atoms with Crippen LogP contribution >= 0.6 is 34.5 Å². The van der Waals surface area contributed by atoms with Gasteiger partial charge < -0.3 is 4.74 Å². The summed E-state index contributed by atoms with van der Waals surface area (Å²) in [6.45, 7) is -0.534. The van der Waals surface area contributed by atoms with Crippen LogP contribution in [-0.4, -0.2) is 28.4 Å². The van der Waals surface area contributed by atoms with Crippen LogP contribution in [0.3, 0.4) is 0 Å². The molecule has 0 spiro atoms. The summed E-state index contributed by atoms with van der Waals surface area (Å²) in [4.78, 5) is 36.9. The van der Waals surface area contributed by atoms with E-state index in [9.17, 15) is 19.7 Å². The molecule has 0 atom stereocenters. The molecule has 0 fully saturated rings. The lowest BCUT2D eigenvalue weighted by Gasteiger charge is -2.05. The fraction of sp³-hybridized carbons (Fsp3) is 0.154. The van der Waals surface area contributed by atoms with Gasteiger partial charge in [0.05, 0.1) is 21.4 Å². The fourth-order valence-electron chi connectivity index (χ4n) is 1.58. The number of rotatable bonds is 6. The summed E-state index contributed by atoms with van der Waals surface area (Å²) >= 11 is 12.3. The summed E-state index contributed by atoms with van der Waals surface area (Å²) in [6, 6.07) is 4.69. The molecule has 2 rings (SSSR count). The zero-order valence-electron chi connectivity index (χ0n) is 11.8. The van der Waals surface area contributed by atoms with E-state index in [1.165, 1.54) is 6.07 Å². The Bertz CT molecular complexity index is 796. The standard InChI is InChI=1S/C13H9Cl2N3O5S/c14-8-2-1-7(3-9(8)15)4-12(20)23-6-10(19)17-13-16-5-11(24-13)18(21)22/h1-3,5H,4,6H2,(H,16,17,19). The topological polar surface area (TPSA) is 111 Å². The number of hydrogen-bond acceptors (Lipinski definition) is 7. The van der Waals surface area contributed by atoms with Crippen LogP contribution in [0.1, 0.15) is 5.56 Å². The van der Waals surface area contributed by atoms with E-state index in [4.69, 9.17) is 27.9 Å². The average molecular weight is 390 g/mol. The Hall–Kier alpha value is -2.23. The van der Waals surface area contributed by atoms with Crippen molar-refractivity contribution in [3.63, 3.8) is 0 Å². The summed E-state index contributed by atoms with van der Waals surface area (Å²) in [5.74, 6) is -1.28. The van der Waals surface area contributed by atoms with Crippen LogP contribution in [0, 0.1) is 10.1 Å². The van der Waals surface area contributed by atoms with Crippen molar-refractivity contribution in [2.45, 2.75) is 6.42 Å². The highest BCUT2D eigenvalue weighted by atomic mass is 35.5. The number of halogens is 2. The molecule has 1 aromatic heterocycles. The quantitative estimate of drug-likeness (QED) is 0.461. The van der Waals surface area contributed by atoms with Gasteiger partial charge in [-0.3, -0.25) is 25.0 Å². The number of esters is 1. The summed E-state index contributed by atoms with van der Waals surface area (Å²) in [5, 5.41) is 13.3. The Kier molecular flexibility index (Phi) is 6.07. The summed E-state index contributed by atoms with van der Waals surface area (Å²) in [7, 11) is 0. The minimum absolute atomic E-state index is 0.0484. The predicted molar refractivity (Wildman–Crippen MR) is 88.5 cm³/mol. The van der Waals surface area contributed by atoms with Gasteiger partial charge in [-0.05, 0) is 29.0 Å². The van der Waals surface area contributed by atoms with Crippen LogP contribution < -0.4 is 5.32 Å². The van der Waals surface area contributed by atoms with Crippen LogP contribution in [0.4, 0.5) is 10.1 Å². The molecule has 126 valence electrons. The molecule has 11 heteroatoms. The highest BCUT2D eigenvalue weighted by Gasteiger charge is 2.15. The van der Waals surface area contributed by atoms with Crippen LogP contribution in [0.2, 0.25) is 10.0 Å². The zero-order valence-corrected chi connectivity index (χ0v) is 14.2. The average Bonchev–Trinajstić information content (AvgIpc) is 2.98. The number of nitrogens with one attached hydrogen (secondary N) is 1. The minimum atomic E-state index is -0.651. The van der Waals surface area contributed by atoms with Crippen LogP contribution in [0.15, 0.2) is 24.4 Å². The lowest BCUT2D eigenvalue weighted by atomic mass is 10.1. The van der Waals surface area contributed by atoms with E-state index in [1.807, 2.05) is 0 Å². The molecule has 2 aromatic rings. The molecule has 1 amide bonds. The Morgan fingerprint density at radius 2 is 2.08 bits per heavy atom. The van der Waals surface area contributed by atoms with Gasteiger partial charge in [-0.2, -0.15) is 0 Å². The number of benzene rings is 1. The third kappa shape index (κ3) is 5.15. The van der Waals surface area contributed by atoms with E-state index >= 15 is 0 Å². The molecular weight excluding hydrogens is 381 g/mol. The number of aromatic nitrogens is 1. The normalized spacial score (nSPS) is 10.2. The first-order valence-corrected chi connectivity index (χ1v) is 7.92. The third-order valence-corrected chi connectivity index (χ3v) is 4.22. The highest BCUT2D eigenvalue weighted by Crippen LogP contribution is 2.25. The van der Waals surface area contributed by atoms with Gasteiger partial charge in [-0.15, -0.1) is 0 Å². The molecule has 0 radical (unpaired) electrons. The predicted octanol–water partition coefficient (Wildman–Crippen LogP) is 3.08. The molecule has 0 unspecified atom stereocenters. The van der Waals surface area contributed by atoms with E-state index < -0.39 is 23.4 Å². The first-order chi connectivity index (χ1) is 11.3.